The van der Waals surface area contributed by atoms with Crippen LogP contribution in [0.1, 0.15) is 17.0 Å². The number of amides is 1. The number of nitrogens with one attached hydrogen (secondary N) is 2. The van der Waals surface area contributed by atoms with Crippen LogP contribution in [0, 0.1) is 10.1 Å². The number of furan rings is 1. The van der Waals surface area contributed by atoms with Crippen molar-refractivity contribution in [2.75, 3.05) is 39.4 Å². The standard InChI is InChI=1S/C12H17N3O5/c16-12(10-2-3-11(20-10)15(17)18)13-4-1-5-14-6-8-19-9-7-14/h2-3H,1,4-9H2,(H,13,16)/p+1. The lowest BCUT2D eigenvalue weighted by molar-refractivity contribution is -0.908. The lowest BCUT2D eigenvalue weighted by atomic mass is 10.3. The molecule has 20 heavy (non-hydrogen) atoms. The van der Waals surface area contributed by atoms with Gasteiger partial charge in [0.05, 0.1) is 25.8 Å². The van der Waals surface area contributed by atoms with E-state index < -0.39 is 16.7 Å². The number of nitro groups is 1. The predicted molar refractivity (Wildman–Crippen MR) is 68.7 cm³/mol. The number of nitrogens with zero attached hydrogens (tertiary/aromatic N) is 1. The molecule has 2 N–H and O–H groups in total. The summed E-state index contributed by atoms with van der Waals surface area (Å²) in [4.78, 5) is 22.9. The van der Waals surface area contributed by atoms with Crippen LogP contribution in [-0.4, -0.2) is 50.2 Å². The van der Waals surface area contributed by atoms with E-state index in [1.807, 2.05) is 0 Å². The molecule has 1 aliphatic rings. The highest BCUT2D eigenvalue weighted by Gasteiger charge is 2.17. The van der Waals surface area contributed by atoms with Crippen LogP contribution in [0.2, 0.25) is 0 Å². The van der Waals surface area contributed by atoms with Crippen molar-refractivity contribution in [3.8, 4) is 0 Å². The van der Waals surface area contributed by atoms with E-state index in [4.69, 9.17) is 9.15 Å². The van der Waals surface area contributed by atoms with Crippen molar-refractivity contribution in [3.63, 3.8) is 0 Å². The molecule has 2 heterocycles. The molecule has 0 spiro atoms. The van der Waals surface area contributed by atoms with Crippen molar-refractivity contribution in [2.45, 2.75) is 6.42 Å². The molecular formula is C12H18N3O5+. The van der Waals surface area contributed by atoms with Crippen LogP contribution >= 0.6 is 0 Å². The summed E-state index contributed by atoms with van der Waals surface area (Å²) in [6.45, 7) is 5.08. The summed E-state index contributed by atoms with van der Waals surface area (Å²) in [6.07, 6.45) is 0.851. The van der Waals surface area contributed by atoms with Crippen LogP contribution in [0.3, 0.4) is 0 Å². The third-order valence-electron chi connectivity index (χ3n) is 3.19. The molecule has 0 aliphatic carbocycles. The van der Waals surface area contributed by atoms with Crippen LogP contribution in [0.25, 0.3) is 0 Å². The van der Waals surface area contributed by atoms with E-state index in [0.29, 0.717) is 6.54 Å². The zero-order valence-electron chi connectivity index (χ0n) is 11.1. The van der Waals surface area contributed by atoms with Crippen LogP contribution in [0.5, 0.6) is 0 Å². The van der Waals surface area contributed by atoms with Crippen molar-refractivity contribution < 1.29 is 23.8 Å². The van der Waals surface area contributed by atoms with Crippen molar-refractivity contribution >= 4 is 11.8 Å². The van der Waals surface area contributed by atoms with Gasteiger partial charge in [0.25, 0.3) is 5.91 Å². The van der Waals surface area contributed by atoms with E-state index in [1.165, 1.54) is 17.0 Å². The Morgan fingerprint density at radius 3 is 2.80 bits per heavy atom. The summed E-state index contributed by atoms with van der Waals surface area (Å²) in [5, 5.41) is 13.1. The number of quaternary nitrogens is 1. The Kier molecular flexibility index (Phi) is 5.08. The number of hydrogen-bond acceptors (Lipinski definition) is 5. The Bertz CT molecular complexity index is 467. The van der Waals surface area contributed by atoms with Crippen LogP contribution < -0.4 is 10.2 Å². The minimum Gasteiger partial charge on any atom is -0.395 e. The van der Waals surface area contributed by atoms with E-state index in [9.17, 15) is 14.9 Å². The molecule has 8 nitrogen and oxygen atoms in total. The third kappa shape index (κ3) is 4.04. The summed E-state index contributed by atoms with van der Waals surface area (Å²) in [5.41, 5.74) is 0. The topological polar surface area (TPSA) is 99.0 Å². The average Bonchev–Trinajstić information content (AvgIpc) is 2.94. The van der Waals surface area contributed by atoms with Gasteiger partial charge in [-0.15, -0.1) is 0 Å². The zero-order valence-corrected chi connectivity index (χ0v) is 11.1. The maximum absolute atomic E-state index is 11.7. The van der Waals surface area contributed by atoms with E-state index in [0.717, 1.165) is 39.3 Å². The first-order chi connectivity index (χ1) is 9.66. The van der Waals surface area contributed by atoms with E-state index >= 15 is 0 Å². The molecule has 0 saturated carbocycles. The molecule has 1 aromatic rings. The van der Waals surface area contributed by atoms with Crippen LogP contribution in [0.4, 0.5) is 5.88 Å². The molecule has 1 aromatic heterocycles. The Morgan fingerprint density at radius 1 is 1.40 bits per heavy atom. The normalized spacial score (nSPS) is 16.0. The van der Waals surface area contributed by atoms with Gasteiger partial charge in [-0.3, -0.25) is 14.9 Å². The largest absolute Gasteiger partial charge is 0.433 e. The summed E-state index contributed by atoms with van der Waals surface area (Å²) >= 11 is 0. The first-order valence-electron chi connectivity index (χ1n) is 6.60. The van der Waals surface area contributed by atoms with Gasteiger partial charge in [-0.1, -0.05) is 0 Å². The SMILES string of the molecule is O=C(NCCC[NH+]1CCOCC1)c1ccc([N+](=O)[O-])o1. The molecule has 1 fully saturated rings. The first-order valence-corrected chi connectivity index (χ1v) is 6.60. The maximum Gasteiger partial charge on any atom is 0.433 e. The minimum absolute atomic E-state index is 0.0320. The molecule has 1 aliphatic heterocycles. The first kappa shape index (κ1) is 14.5. The molecule has 0 atom stereocenters. The zero-order chi connectivity index (χ0) is 14.4. The molecule has 0 bridgehead atoms. The highest BCUT2D eigenvalue weighted by Crippen LogP contribution is 2.15. The van der Waals surface area contributed by atoms with Crippen LogP contribution in [-0.2, 0) is 4.74 Å². The second-order valence-corrected chi connectivity index (χ2v) is 4.62. The second kappa shape index (κ2) is 7.01. The predicted octanol–water partition coefficient (Wildman–Crippen LogP) is -0.777. The number of ether oxygens (including phenoxy) is 1. The fraction of sp³-hybridized carbons (Fsp3) is 0.583. The number of rotatable bonds is 6. The molecule has 110 valence electrons. The lowest BCUT2D eigenvalue weighted by Crippen LogP contribution is -3.14. The maximum atomic E-state index is 11.7. The highest BCUT2D eigenvalue weighted by molar-refractivity contribution is 5.91. The summed E-state index contributed by atoms with van der Waals surface area (Å²) in [7, 11) is 0. The third-order valence-corrected chi connectivity index (χ3v) is 3.19. The second-order valence-electron chi connectivity index (χ2n) is 4.62. The monoisotopic (exact) mass is 284 g/mol. The molecule has 8 heteroatoms. The Morgan fingerprint density at radius 2 is 2.15 bits per heavy atom. The van der Waals surface area contributed by atoms with Gasteiger partial charge in [0.1, 0.15) is 18.0 Å². The van der Waals surface area contributed by atoms with Gasteiger partial charge >= 0.3 is 5.88 Å². The fourth-order valence-corrected chi connectivity index (χ4v) is 2.09. The van der Waals surface area contributed by atoms with Gasteiger partial charge < -0.3 is 19.4 Å². The molecule has 0 radical (unpaired) electrons. The molecule has 0 unspecified atom stereocenters. The van der Waals surface area contributed by atoms with Crippen LogP contribution in [0.15, 0.2) is 16.5 Å². The number of hydrogen-bond donors (Lipinski definition) is 2. The Balaban J connectivity index is 1.67. The molecule has 1 saturated heterocycles. The van der Waals surface area contributed by atoms with E-state index in [2.05, 4.69) is 5.32 Å². The van der Waals surface area contributed by atoms with E-state index in [1.54, 1.807) is 0 Å². The molecular weight excluding hydrogens is 266 g/mol. The van der Waals surface area contributed by atoms with Crippen molar-refractivity contribution in [2.24, 2.45) is 0 Å². The van der Waals surface area contributed by atoms with Gasteiger partial charge in [0, 0.05) is 13.0 Å². The summed E-state index contributed by atoms with van der Waals surface area (Å²) in [5.74, 6) is -0.876. The van der Waals surface area contributed by atoms with Crippen molar-refractivity contribution in [1.82, 2.24) is 5.32 Å². The number of carbonyl (C=O) groups excluding carboxylic acids is 1. The lowest BCUT2D eigenvalue weighted by Gasteiger charge is -2.23. The molecule has 2 rings (SSSR count). The van der Waals surface area contributed by atoms with Gasteiger partial charge in [0.2, 0.25) is 0 Å². The molecule has 0 aromatic carbocycles. The highest BCUT2D eigenvalue weighted by atomic mass is 16.6. The van der Waals surface area contributed by atoms with Gasteiger partial charge in [0.15, 0.2) is 5.76 Å². The van der Waals surface area contributed by atoms with Gasteiger partial charge in [-0.05, 0) is 6.07 Å². The van der Waals surface area contributed by atoms with Crippen molar-refractivity contribution in [1.29, 1.82) is 0 Å². The summed E-state index contributed by atoms with van der Waals surface area (Å²) in [6, 6.07) is 2.48. The average molecular weight is 284 g/mol. The summed E-state index contributed by atoms with van der Waals surface area (Å²) < 4.78 is 10.1. The minimum atomic E-state index is -0.668. The Labute approximate surface area is 115 Å². The van der Waals surface area contributed by atoms with Gasteiger partial charge in [-0.2, -0.15) is 0 Å². The number of morpholine rings is 1. The van der Waals surface area contributed by atoms with E-state index in [-0.39, 0.29) is 5.76 Å². The fourth-order valence-electron chi connectivity index (χ4n) is 2.09. The van der Waals surface area contributed by atoms with Crippen molar-refractivity contribution in [3.05, 3.63) is 28.0 Å². The van der Waals surface area contributed by atoms with Gasteiger partial charge in [-0.25, -0.2) is 0 Å². The number of carbonyl (C=O) groups is 1. The smallest absolute Gasteiger partial charge is 0.395 e. The Hall–Kier alpha value is -1.93. The molecule has 1 amide bonds. The quantitative estimate of drug-likeness (QED) is 0.406.